The Morgan fingerprint density at radius 1 is 1.31 bits per heavy atom. The van der Waals surface area contributed by atoms with Gasteiger partial charge in [-0.1, -0.05) is 12.8 Å². The maximum atomic E-state index is 4.84. The number of aliphatic imine (C=N–C) groups is 1. The van der Waals surface area contributed by atoms with E-state index < -0.39 is 0 Å². The van der Waals surface area contributed by atoms with E-state index in [2.05, 4.69) is 57.4 Å². The summed E-state index contributed by atoms with van der Waals surface area (Å²) in [4.78, 5) is 7.03. The van der Waals surface area contributed by atoms with Crippen LogP contribution in [0.15, 0.2) is 23.3 Å². The predicted molar refractivity (Wildman–Crippen MR) is 115 cm³/mol. The van der Waals surface area contributed by atoms with Crippen molar-refractivity contribution in [2.24, 2.45) is 19.1 Å². The predicted octanol–water partition coefficient (Wildman–Crippen LogP) is 2.60. The van der Waals surface area contributed by atoms with Gasteiger partial charge in [0.25, 0.3) is 0 Å². The van der Waals surface area contributed by atoms with Crippen molar-refractivity contribution < 1.29 is 0 Å². The maximum absolute atomic E-state index is 4.84. The minimum Gasteiger partial charge on any atom is -0.353 e. The van der Waals surface area contributed by atoms with Crippen LogP contribution in [0, 0.1) is 6.92 Å². The normalized spacial score (nSPS) is 15.2. The molecule has 2 aromatic rings. The second-order valence-corrected chi connectivity index (χ2v) is 6.95. The molecule has 0 saturated heterocycles. The fraction of sp³-hybridized carbons (Fsp3) is 0.611. The lowest BCUT2D eigenvalue weighted by molar-refractivity contribution is 0.444. The van der Waals surface area contributed by atoms with E-state index in [0.717, 1.165) is 24.2 Å². The summed E-state index contributed by atoms with van der Waals surface area (Å²) in [5, 5.41) is 12.0. The molecule has 7 nitrogen and oxygen atoms in total. The molecule has 8 heteroatoms. The number of hydrogen-bond acceptors (Lipinski definition) is 3. The monoisotopic (exact) mass is 471 g/mol. The molecule has 0 radical (unpaired) electrons. The molecule has 0 spiro atoms. The van der Waals surface area contributed by atoms with Crippen molar-refractivity contribution in [3.8, 4) is 0 Å². The molecule has 1 aliphatic rings. The second kappa shape index (κ2) is 9.38. The molecule has 2 aromatic heterocycles. The van der Waals surface area contributed by atoms with E-state index in [1.807, 2.05) is 18.5 Å². The number of hydrogen-bond donors (Lipinski definition) is 1. The van der Waals surface area contributed by atoms with Crippen molar-refractivity contribution in [1.82, 2.24) is 29.5 Å². The van der Waals surface area contributed by atoms with E-state index in [-0.39, 0.29) is 24.0 Å². The topological polar surface area (TPSA) is 63.3 Å². The number of aromatic nitrogens is 4. The Labute approximate surface area is 172 Å². The molecule has 3 rings (SSSR count). The average molecular weight is 471 g/mol. The van der Waals surface area contributed by atoms with Gasteiger partial charge in [-0.05, 0) is 31.9 Å². The van der Waals surface area contributed by atoms with Gasteiger partial charge in [-0.2, -0.15) is 0 Å². The van der Waals surface area contributed by atoms with Crippen LogP contribution in [0.2, 0.25) is 0 Å². The quantitative estimate of drug-likeness (QED) is 0.414. The van der Waals surface area contributed by atoms with Gasteiger partial charge in [0.15, 0.2) is 11.8 Å². The van der Waals surface area contributed by atoms with Crippen LogP contribution in [0.4, 0.5) is 0 Å². The highest BCUT2D eigenvalue weighted by molar-refractivity contribution is 14.0. The van der Waals surface area contributed by atoms with Crippen molar-refractivity contribution in [2.75, 3.05) is 7.05 Å². The first-order valence-electron chi connectivity index (χ1n) is 9.02. The third-order valence-electron chi connectivity index (χ3n) is 5.05. The van der Waals surface area contributed by atoms with Crippen LogP contribution >= 0.6 is 24.0 Å². The molecular weight excluding hydrogens is 441 g/mol. The summed E-state index contributed by atoms with van der Waals surface area (Å²) in [6, 6.07) is 4.75. The summed E-state index contributed by atoms with van der Waals surface area (Å²) < 4.78 is 4.14. The third kappa shape index (κ3) is 4.99. The van der Waals surface area contributed by atoms with Crippen molar-refractivity contribution in [1.29, 1.82) is 0 Å². The van der Waals surface area contributed by atoms with Crippen LogP contribution in [0.1, 0.15) is 43.0 Å². The summed E-state index contributed by atoms with van der Waals surface area (Å²) >= 11 is 0. The van der Waals surface area contributed by atoms with Gasteiger partial charge in [0.2, 0.25) is 0 Å². The van der Waals surface area contributed by atoms with Crippen LogP contribution in [0.25, 0.3) is 0 Å². The van der Waals surface area contributed by atoms with Crippen LogP contribution in [-0.2, 0) is 27.2 Å². The van der Waals surface area contributed by atoms with E-state index in [4.69, 9.17) is 4.99 Å². The van der Waals surface area contributed by atoms with Gasteiger partial charge >= 0.3 is 0 Å². The number of nitrogens with zero attached hydrogens (tertiary/aromatic N) is 6. The van der Waals surface area contributed by atoms with Crippen LogP contribution < -0.4 is 5.32 Å². The van der Waals surface area contributed by atoms with E-state index in [1.54, 1.807) is 0 Å². The van der Waals surface area contributed by atoms with Gasteiger partial charge < -0.3 is 19.4 Å². The lowest BCUT2D eigenvalue weighted by atomic mass is 10.2. The van der Waals surface area contributed by atoms with Gasteiger partial charge in [-0.3, -0.25) is 0 Å². The Hall–Kier alpha value is -1.58. The highest BCUT2D eigenvalue weighted by Crippen LogP contribution is 2.18. The molecule has 2 heterocycles. The van der Waals surface area contributed by atoms with Crippen LogP contribution in [-0.4, -0.2) is 43.3 Å². The summed E-state index contributed by atoms with van der Waals surface area (Å²) in [6.45, 7) is 3.31. The van der Waals surface area contributed by atoms with E-state index in [0.29, 0.717) is 12.6 Å². The molecule has 1 saturated carbocycles. The third-order valence-corrected chi connectivity index (χ3v) is 5.05. The van der Waals surface area contributed by atoms with Gasteiger partial charge in [-0.25, -0.2) is 4.99 Å². The minimum absolute atomic E-state index is 0. The van der Waals surface area contributed by atoms with Crippen LogP contribution in [0.3, 0.4) is 0 Å². The number of aryl methyl sites for hydroxylation is 2. The van der Waals surface area contributed by atoms with Crippen molar-refractivity contribution >= 4 is 29.9 Å². The van der Waals surface area contributed by atoms with Gasteiger partial charge in [0.05, 0.1) is 6.54 Å². The first-order valence-corrected chi connectivity index (χ1v) is 9.02. The smallest absolute Gasteiger partial charge is 0.194 e. The average Bonchev–Trinajstić information content (AvgIpc) is 3.31. The highest BCUT2D eigenvalue weighted by atomic mass is 127. The summed E-state index contributed by atoms with van der Waals surface area (Å²) in [5.74, 6) is 2.73. The van der Waals surface area contributed by atoms with E-state index in [9.17, 15) is 0 Å². The highest BCUT2D eigenvalue weighted by Gasteiger charge is 2.19. The second-order valence-electron chi connectivity index (χ2n) is 6.95. The molecule has 0 unspecified atom stereocenters. The largest absolute Gasteiger partial charge is 0.353 e. The van der Waals surface area contributed by atoms with Crippen molar-refractivity contribution in [3.05, 3.63) is 35.7 Å². The lowest BCUT2D eigenvalue weighted by Gasteiger charge is -2.25. The molecule has 0 aromatic carbocycles. The number of nitrogens with one attached hydrogen (secondary N) is 1. The molecule has 0 amide bonds. The first-order chi connectivity index (χ1) is 12.0. The molecule has 0 aliphatic heterocycles. The Morgan fingerprint density at radius 2 is 2.04 bits per heavy atom. The molecule has 1 aliphatic carbocycles. The van der Waals surface area contributed by atoms with Gasteiger partial charge in [0.1, 0.15) is 12.4 Å². The maximum Gasteiger partial charge on any atom is 0.194 e. The fourth-order valence-electron chi connectivity index (χ4n) is 3.24. The zero-order valence-corrected chi connectivity index (χ0v) is 18.5. The number of halogens is 1. The zero-order chi connectivity index (χ0) is 17.8. The Bertz CT molecular complexity index is 728. The minimum atomic E-state index is 0. The molecular formula is C18H30IN7. The molecule has 0 bridgehead atoms. The summed E-state index contributed by atoms with van der Waals surface area (Å²) in [5.41, 5.74) is 1.26. The summed E-state index contributed by atoms with van der Waals surface area (Å²) in [7, 11) is 6.15. The van der Waals surface area contributed by atoms with Gasteiger partial charge in [-0.15, -0.1) is 34.2 Å². The Kier molecular flexibility index (Phi) is 7.48. The molecule has 26 heavy (non-hydrogen) atoms. The van der Waals surface area contributed by atoms with Crippen molar-refractivity contribution in [2.45, 2.75) is 51.7 Å². The Balaban J connectivity index is 0.00000243. The van der Waals surface area contributed by atoms with Crippen LogP contribution in [0.5, 0.6) is 0 Å². The van der Waals surface area contributed by atoms with Crippen molar-refractivity contribution in [3.63, 3.8) is 0 Å². The molecule has 144 valence electrons. The number of guanidine groups is 1. The standard InChI is InChI=1S/C18H29N7.HI/c1-14-21-22-17(25(14)4)12-19-18(20-15-8-5-6-9-15)24(3)13-16-10-7-11-23(16)2;/h7,10-11,15H,5-6,8-9,12-13H2,1-4H3,(H,19,20);1H. The number of rotatable bonds is 5. The van der Waals surface area contributed by atoms with E-state index >= 15 is 0 Å². The zero-order valence-electron chi connectivity index (χ0n) is 16.1. The van der Waals surface area contributed by atoms with Gasteiger partial charge in [0, 0.05) is 39.1 Å². The molecule has 0 atom stereocenters. The Morgan fingerprint density at radius 3 is 2.62 bits per heavy atom. The lowest BCUT2D eigenvalue weighted by Crippen LogP contribution is -2.43. The first kappa shape index (κ1) is 20.7. The molecule has 1 fully saturated rings. The molecule has 1 N–H and O–H groups in total. The fourth-order valence-corrected chi connectivity index (χ4v) is 3.24. The summed E-state index contributed by atoms with van der Waals surface area (Å²) in [6.07, 6.45) is 7.12. The van der Waals surface area contributed by atoms with E-state index in [1.165, 1.54) is 31.4 Å². The SMILES string of the molecule is Cc1nnc(CN=C(NC2CCCC2)N(C)Cc2cccn2C)n1C.I.